The summed E-state index contributed by atoms with van der Waals surface area (Å²) in [5.41, 5.74) is 0. The summed E-state index contributed by atoms with van der Waals surface area (Å²) in [6, 6.07) is 0.432. The maximum atomic E-state index is 11.3. The molecule has 0 aromatic heterocycles. The summed E-state index contributed by atoms with van der Waals surface area (Å²) < 4.78 is 0. The Morgan fingerprint density at radius 1 is 1.29 bits per heavy atom. The van der Waals surface area contributed by atoms with Gasteiger partial charge < -0.3 is 14.9 Å². The molecule has 0 saturated carbocycles. The molecule has 0 aliphatic carbocycles. The zero-order valence-electron chi connectivity index (χ0n) is 11.2. The van der Waals surface area contributed by atoms with Crippen LogP contribution in [0.15, 0.2) is 0 Å². The van der Waals surface area contributed by atoms with Crippen LogP contribution in [0.5, 0.6) is 0 Å². The van der Waals surface area contributed by atoms with Crippen LogP contribution in [0.1, 0.15) is 39.0 Å². The zero-order chi connectivity index (χ0) is 12.7. The Morgan fingerprint density at radius 2 is 1.94 bits per heavy atom. The minimum absolute atomic E-state index is 0.173. The van der Waals surface area contributed by atoms with E-state index in [1.54, 1.807) is 6.92 Å². The Bertz CT molecular complexity index is 225. The Morgan fingerprint density at radius 3 is 2.47 bits per heavy atom. The minimum Gasteiger partial charge on any atom is -0.396 e. The number of hydrogen-bond acceptors (Lipinski definition) is 3. The van der Waals surface area contributed by atoms with Crippen LogP contribution in [0.3, 0.4) is 0 Å². The number of unbranched alkanes of at least 4 members (excludes halogenated alkanes) is 2. The minimum atomic E-state index is 0.173. The maximum Gasteiger partial charge on any atom is 0.219 e. The smallest absolute Gasteiger partial charge is 0.219 e. The predicted molar refractivity (Wildman–Crippen MR) is 68.8 cm³/mol. The van der Waals surface area contributed by atoms with Crippen LogP contribution in [-0.2, 0) is 4.79 Å². The van der Waals surface area contributed by atoms with Crippen LogP contribution >= 0.6 is 0 Å². The number of carbonyl (C=O) groups is 1. The molecule has 4 heteroatoms. The van der Waals surface area contributed by atoms with Crippen molar-refractivity contribution in [2.75, 3.05) is 33.3 Å². The molecule has 4 nitrogen and oxygen atoms in total. The number of amides is 1. The highest BCUT2D eigenvalue weighted by atomic mass is 16.2. The fraction of sp³-hybridized carbons (Fsp3) is 0.923. The summed E-state index contributed by atoms with van der Waals surface area (Å²) in [6.07, 6.45) is 5.40. The second-order valence-electron chi connectivity index (χ2n) is 4.99. The van der Waals surface area contributed by atoms with E-state index >= 15 is 0 Å². The Hall–Kier alpha value is -0.610. The lowest BCUT2D eigenvalue weighted by Crippen LogP contribution is -2.45. The van der Waals surface area contributed by atoms with E-state index in [2.05, 4.69) is 4.90 Å². The molecule has 0 spiro atoms. The summed E-state index contributed by atoms with van der Waals surface area (Å²) in [7, 11) is 1.91. The van der Waals surface area contributed by atoms with E-state index in [4.69, 9.17) is 5.11 Å². The molecule has 0 unspecified atom stereocenters. The van der Waals surface area contributed by atoms with Crippen LogP contribution in [0.4, 0.5) is 0 Å². The van der Waals surface area contributed by atoms with E-state index < -0.39 is 0 Å². The van der Waals surface area contributed by atoms with Crippen molar-refractivity contribution in [3.05, 3.63) is 0 Å². The second-order valence-corrected chi connectivity index (χ2v) is 4.99. The monoisotopic (exact) mass is 242 g/mol. The molecule has 0 radical (unpaired) electrons. The van der Waals surface area contributed by atoms with Crippen molar-refractivity contribution in [3.63, 3.8) is 0 Å². The van der Waals surface area contributed by atoms with E-state index in [0.29, 0.717) is 12.6 Å². The normalized spacial score (nSPS) is 18.3. The first-order valence-electron chi connectivity index (χ1n) is 6.71. The first kappa shape index (κ1) is 14.5. The van der Waals surface area contributed by atoms with Crippen molar-refractivity contribution in [1.82, 2.24) is 9.80 Å². The van der Waals surface area contributed by atoms with Gasteiger partial charge >= 0.3 is 0 Å². The number of carbonyl (C=O) groups excluding carboxylic acids is 1. The van der Waals surface area contributed by atoms with Crippen molar-refractivity contribution in [2.24, 2.45) is 0 Å². The lowest BCUT2D eigenvalue weighted by atomic mass is 10.0. The van der Waals surface area contributed by atoms with Gasteiger partial charge in [-0.3, -0.25) is 4.79 Å². The highest BCUT2D eigenvalue weighted by molar-refractivity contribution is 5.73. The molecule has 1 fully saturated rings. The topological polar surface area (TPSA) is 43.8 Å². The third-order valence-corrected chi connectivity index (χ3v) is 3.73. The number of aliphatic hydroxyl groups is 1. The lowest BCUT2D eigenvalue weighted by molar-refractivity contribution is -0.130. The van der Waals surface area contributed by atoms with Gasteiger partial charge in [-0.2, -0.15) is 0 Å². The van der Waals surface area contributed by atoms with Crippen LogP contribution < -0.4 is 0 Å². The van der Waals surface area contributed by atoms with Gasteiger partial charge in [-0.15, -0.1) is 0 Å². The van der Waals surface area contributed by atoms with Gasteiger partial charge in [-0.25, -0.2) is 0 Å². The summed E-state index contributed by atoms with van der Waals surface area (Å²) in [4.78, 5) is 15.6. The first-order valence-corrected chi connectivity index (χ1v) is 6.71. The molecule has 1 saturated heterocycles. The fourth-order valence-electron chi connectivity index (χ4n) is 2.41. The van der Waals surface area contributed by atoms with Crippen LogP contribution in [0.25, 0.3) is 0 Å². The van der Waals surface area contributed by atoms with Gasteiger partial charge in [0.15, 0.2) is 0 Å². The number of piperidine rings is 1. The highest BCUT2D eigenvalue weighted by Crippen LogP contribution is 2.16. The third-order valence-electron chi connectivity index (χ3n) is 3.73. The predicted octanol–water partition coefficient (Wildman–Crippen LogP) is 1.09. The maximum absolute atomic E-state index is 11.3. The molecule has 100 valence electrons. The molecule has 1 amide bonds. The number of aliphatic hydroxyl groups excluding tert-OH is 1. The molecular weight excluding hydrogens is 216 g/mol. The second kappa shape index (κ2) is 7.67. The highest BCUT2D eigenvalue weighted by Gasteiger charge is 2.23. The molecule has 0 atom stereocenters. The van der Waals surface area contributed by atoms with E-state index in [1.807, 2.05) is 11.9 Å². The van der Waals surface area contributed by atoms with Crippen molar-refractivity contribution < 1.29 is 9.90 Å². The zero-order valence-corrected chi connectivity index (χ0v) is 11.2. The van der Waals surface area contributed by atoms with E-state index in [0.717, 1.165) is 45.3 Å². The summed E-state index contributed by atoms with van der Waals surface area (Å²) in [5, 5.41) is 8.70. The molecule has 0 bridgehead atoms. The summed E-state index contributed by atoms with van der Waals surface area (Å²) in [5.74, 6) is 0.173. The third kappa shape index (κ3) is 5.04. The van der Waals surface area contributed by atoms with Crippen molar-refractivity contribution in [3.8, 4) is 0 Å². The molecule has 1 aliphatic heterocycles. The van der Waals surface area contributed by atoms with Gasteiger partial charge in [0.25, 0.3) is 0 Å². The van der Waals surface area contributed by atoms with Crippen LogP contribution in [-0.4, -0.2) is 60.1 Å². The van der Waals surface area contributed by atoms with E-state index in [9.17, 15) is 4.79 Å². The van der Waals surface area contributed by atoms with Crippen LogP contribution in [0.2, 0.25) is 0 Å². The van der Waals surface area contributed by atoms with Gasteiger partial charge in [0.05, 0.1) is 0 Å². The molecule has 0 aromatic rings. The van der Waals surface area contributed by atoms with Crippen molar-refractivity contribution in [2.45, 2.75) is 45.1 Å². The fourth-order valence-corrected chi connectivity index (χ4v) is 2.41. The van der Waals surface area contributed by atoms with Gasteiger partial charge in [-0.05, 0) is 38.6 Å². The Balaban J connectivity index is 2.15. The Labute approximate surface area is 105 Å². The standard InChI is InChI=1S/C13H26N2O2/c1-12(17)14(2)13-6-9-15(10-7-13)8-4-3-5-11-16/h13,16H,3-11H2,1-2H3. The quantitative estimate of drug-likeness (QED) is 0.709. The molecule has 1 N–H and O–H groups in total. The lowest BCUT2D eigenvalue weighted by Gasteiger charge is -2.36. The first-order chi connectivity index (χ1) is 8.15. The van der Waals surface area contributed by atoms with Gasteiger partial charge in [-0.1, -0.05) is 0 Å². The summed E-state index contributed by atoms with van der Waals surface area (Å²) in [6.45, 7) is 5.28. The molecule has 17 heavy (non-hydrogen) atoms. The van der Waals surface area contributed by atoms with E-state index in [1.165, 1.54) is 6.42 Å². The molecule has 1 aliphatic rings. The van der Waals surface area contributed by atoms with Crippen molar-refractivity contribution >= 4 is 5.91 Å². The number of likely N-dealkylation sites (tertiary alicyclic amines) is 1. The molecular formula is C13H26N2O2. The number of nitrogens with zero attached hydrogens (tertiary/aromatic N) is 2. The van der Waals surface area contributed by atoms with Gasteiger partial charge in [0, 0.05) is 39.7 Å². The molecule has 0 aromatic carbocycles. The largest absolute Gasteiger partial charge is 0.396 e. The average molecular weight is 242 g/mol. The van der Waals surface area contributed by atoms with Crippen LogP contribution in [0, 0.1) is 0 Å². The average Bonchev–Trinajstić information content (AvgIpc) is 2.34. The number of hydrogen-bond donors (Lipinski definition) is 1. The number of rotatable bonds is 6. The molecule has 1 heterocycles. The molecule has 1 rings (SSSR count). The summed E-state index contributed by atoms with van der Waals surface area (Å²) >= 11 is 0. The Kier molecular flexibility index (Phi) is 6.52. The SMILES string of the molecule is CC(=O)N(C)C1CCN(CCCCCO)CC1. The van der Waals surface area contributed by atoms with E-state index in [-0.39, 0.29) is 5.91 Å². The van der Waals surface area contributed by atoms with Crippen molar-refractivity contribution in [1.29, 1.82) is 0 Å². The van der Waals surface area contributed by atoms with Gasteiger partial charge in [0.2, 0.25) is 5.91 Å². The van der Waals surface area contributed by atoms with Gasteiger partial charge in [0.1, 0.15) is 0 Å².